The molecule has 0 aliphatic rings. The van der Waals surface area contributed by atoms with Crippen molar-refractivity contribution >= 4 is 18.0 Å². The first-order valence-electron chi connectivity index (χ1n) is 6.77. The van der Waals surface area contributed by atoms with E-state index in [1.807, 2.05) is 0 Å². The summed E-state index contributed by atoms with van der Waals surface area (Å²) in [7, 11) is 1.68. The Morgan fingerprint density at radius 3 is 2.62 bits per heavy atom. The Bertz CT molecular complexity index is 549. The molecular formula is C16H21NO4. The van der Waals surface area contributed by atoms with Crippen LogP contribution in [0.25, 0.3) is 6.08 Å². The van der Waals surface area contributed by atoms with E-state index >= 15 is 0 Å². The van der Waals surface area contributed by atoms with Crippen LogP contribution in [-0.4, -0.2) is 46.7 Å². The van der Waals surface area contributed by atoms with Crippen molar-refractivity contribution in [2.75, 3.05) is 13.6 Å². The minimum absolute atomic E-state index is 0.140. The van der Waals surface area contributed by atoms with Crippen LogP contribution >= 0.6 is 0 Å². The number of carbonyl (C=O) groups excluding carboxylic acids is 1. The van der Waals surface area contributed by atoms with Gasteiger partial charge in [0.05, 0.1) is 6.10 Å². The van der Waals surface area contributed by atoms with Crippen LogP contribution < -0.4 is 0 Å². The molecule has 0 aliphatic carbocycles. The first-order chi connectivity index (χ1) is 9.82. The lowest BCUT2D eigenvalue weighted by Gasteiger charge is -2.19. The quantitative estimate of drug-likeness (QED) is 0.785. The van der Waals surface area contributed by atoms with Crippen molar-refractivity contribution in [1.29, 1.82) is 0 Å². The van der Waals surface area contributed by atoms with Crippen molar-refractivity contribution in [1.82, 2.24) is 4.90 Å². The van der Waals surface area contributed by atoms with Crippen molar-refractivity contribution in [2.45, 2.75) is 26.4 Å². The maximum atomic E-state index is 12.4. The Morgan fingerprint density at radius 1 is 1.38 bits per heavy atom. The van der Waals surface area contributed by atoms with Gasteiger partial charge < -0.3 is 15.1 Å². The summed E-state index contributed by atoms with van der Waals surface area (Å²) < 4.78 is 0. The number of carboxylic acids is 1. The number of hydrogen-bond acceptors (Lipinski definition) is 3. The van der Waals surface area contributed by atoms with Crippen molar-refractivity contribution in [2.24, 2.45) is 0 Å². The molecule has 114 valence electrons. The van der Waals surface area contributed by atoms with Crippen LogP contribution in [0.5, 0.6) is 0 Å². The molecule has 0 spiro atoms. The van der Waals surface area contributed by atoms with E-state index in [4.69, 9.17) is 5.11 Å². The third kappa shape index (κ3) is 5.04. The number of benzene rings is 1. The average molecular weight is 291 g/mol. The standard InChI is InChI=1S/C16H21NO4/c1-11(18)9-10-17(3)16(21)14-6-4-5-13(12(14)2)7-8-15(19)20/h4-8,11,18H,9-10H2,1-3H3,(H,19,20)/b8-7+. The molecule has 1 amide bonds. The van der Waals surface area contributed by atoms with E-state index in [1.165, 1.54) is 6.08 Å². The molecule has 0 saturated heterocycles. The number of carbonyl (C=O) groups is 2. The number of rotatable bonds is 6. The first-order valence-corrected chi connectivity index (χ1v) is 6.77. The highest BCUT2D eigenvalue weighted by molar-refractivity contribution is 5.96. The number of hydrogen-bond donors (Lipinski definition) is 2. The fraction of sp³-hybridized carbons (Fsp3) is 0.375. The Kier molecular flexibility index (Phi) is 6.11. The van der Waals surface area contributed by atoms with Crippen LogP contribution in [0.3, 0.4) is 0 Å². The van der Waals surface area contributed by atoms with Gasteiger partial charge in [-0.1, -0.05) is 12.1 Å². The largest absolute Gasteiger partial charge is 0.478 e. The van der Waals surface area contributed by atoms with Crippen LogP contribution in [0.15, 0.2) is 24.3 Å². The van der Waals surface area contributed by atoms with Crippen molar-refractivity contribution in [3.8, 4) is 0 Å². The van der Waals surface area contributed by atoms with Gasteiger partial charge in [-0.15, -0.1) is 0 Å². The molecule has 1 aromatic carbocycles. The zero-order valence-electron chi connectivity index (χ0n) is 12.5. The second kappa shape index (κ2) is 7.59. The number of amides is 1. The van der Waals surface area contributed by atoms with E-state index in [2.05, 4.69) is 0 Å². The van der Waals surface area contributed by atoms with Gasteiger partial charge in [-0.25, -0.2) is 4.79 Å². The molecule has 0 heterocycles. The predicted octanol–water partition coefficient (Wildman–Crippen LogP) is 1.94. The summed E-state index contributed by atoms with van der Waals surface area (Å²) in [6.45, 7) is 3.93. The second-order valence-corrected chi connectivity index (χ2v) is 5.06. The Labute approximate surface area is 124 Å². The van der Waals surface area contributed by atoms with E-state index in [-0.39, 0.29) is 5.91 Å². The van der Waals surface area contributed by atoms with E-state index in [0.717, 1.165) is 11.6 Å². The van der Waals surface area contributed by atoms with Gasteiger partial charge in [0.25, 0.3) is 5.91 Å². The maximum Gasteiger partial charge on any atom is 0.328 e. The average Bonchev–Trinajstić information content (AvgIpc) is 2.42. The smallest absolute Gasteiger partial charge is 0.328 e. The van der Waals surface area contributed by atoms with Crippen LogP contribution in [0.1, 0.15) is 34.8 Å². The molecule has 0 bridgehead atoms. The summed E-state index contributed by atoms with van der Waals surface area (Å²) in [6, 6.07) is 5.21. The summed E-state index contributed by atoms with van der Waals surface area (Å²) in [5, 5.41) is 17.9. The molecule has 0 aliphatic heterocycles. The number of aliphatic hydroxyl groups is 1. The fourth-order valence-electron chi connectivity index (χ4n) is 1.91. The minimum Gasteiger partial charge on any atom is -0.478 e. The third-order valence-corrected chi connectivity index (χ3v) is 3.24. The first kappa shape index (κ1) is 16.9. The highest BCUT2D eigenvalue weighted by atomic mass is 16.4. The van der Waals surface area contributed by atoms with Gasteiger partial charge in [0.15, 0.2) is 0 Å². The van der Waals surface area contributed by atoms with Crippen LogP contribution in [-0.2, 0) is 4.79 Å². The monoisotopic (exact) mass is 291 g/mol. The molecule has 1 aromatic rings. The third-order valence-electron chi connectivity index (χ3n) is 3.24. The molecule has 5 nitrogen and oxygen atoms in total. The lowest BCUT2D eigenvalue weighted by atomic mass is 10.0. The van der Waals surface area contributed by atoms with Gasteiger partial charge >= 0.3 is 5.97 Å². The molecule has 0 aromatic heterocycles. The molecule has 1 rings (SSSR count). The number of aliphatic hydroxyl groups excluding tert-OH is 1. The summed E-state index contributed by atoms with van der Waals surface area (Å²) in [6.07, 6.45) is 2.59. The van der Waals surface area contributed by atoms with Crippen LogP contribution in [0.4, 0.5) is 0 Å². The van der Waals surface area contributed by atoms with Gasteiger partial charge in [-0.05, 0) is 43.5 Å². The number of nitrogens with zero attached hydrogens (tertiary/aromatic N) is 1. The lowest BCUT2D eigenvalue weighted by Crippen LogP contribution is -2.30. The minimum atomic E-state index is -1.03. The van der Waals surface area contributed by atoms with E-state index in [9.17, 15) is 14.7 Å². The van der Waals surface area contributed by atoms with Gasteiger partial charge in [-0.3, -0.25) is 4.79 Å². The maximum absolute atomic E-state index is 12.4. The number of aliphatic carboxylic acids is 1. The SMILES string of the molecule is Cc1c(/C=C/C(=O)O)cccc1C(=O)N(C)CCC(C)O. The molecule has 0 fully saturated rings. The topological polar surface area (TPSA) is 77.8 Å². The molecule has 21 heavy (non-hydrogen) atoms. The highest BCUT2D eigenvalue weighted by Crippen LogP contribution is 2.17. The summed E-state index contributed by atoms with van der Waals surface area (Å²) in [4.78, 5) is 24.5. The fourth-order valence-corrected chi connectivity index (χ4v) is 1.91. The molecule has 5 heteroatoms. The van der Waals surface area contributed by atoms with Gasteiger partial charge in [-0.2, -0.15) is 0 Å². The van der Waals surface area contributed by atoms with Crippen LogP contribution in [0, 0.1) is 6.92 Å². The molecular weight excluding hydrogens is 270 g/mol. The lowest BCUT2D eigenvalue weighted by molar-refractivity contribution is -0.131. The zero-order valence-corrected chi connectivity index (χ0v) is 12.5. The van der Waals surface area contributed by atoms with Crippen molar-refractivity contribution in [3.05, 3.63) is 41.0 Å². The second-order valence-electron chi connectivity index (χ2n) is 5.06. The van der Waals surface area contributed by atoms with Crippen molar-refractivity contribution in [3.63, 3.8) is 0 Å². The van der Waals surface area contributed by atoms with Gasteiger partial charge in [0, 0.05) is 25.2 Å². The van der Waals surface area contributed by atoms with Gasteiger partial charge in [0.2, 0.25) is 0 Å². The molecule has 1 atom stereocenters. The zero-order chi connectivity index (χ0) is 16.0. The normalized spacial score (nSPS) is 12.4. The molecule has 2 N–H and O–H groups in total. The molecule has 0 saturated carbocycles. The summed E-state index contributed by atoms with van der Waals surface area (Å²) >= 11 is 0. The molecule has 1 unspecified atom stereocenters. The summed E-state index contributed by atoms with van der Waals surface area (Å²) in [5.41, 5.74) is 1.98. The van der Waals surface area contributed by atoms with E-state index in [1.54, 1.807) is 44.0 Å². The Morgan fingerprint density at radius 2 is 2.05 bits per heavy atom. The highest BCUT2D eigenvalue weighted by Gasteiger charge is 2.15. The summed E-state index contributed by atoms with van der Waals surface area (Å²) in [5.74, 6) is -1.17. The van der Waals surface area contributed by atoms with E-state index in [0.29, 0.717) is 24.1 Å². The van der Waals surface area contributed by atoms with Gasteiger partial charge in [0.1, 0.15) is 0 Å². The molecule has 0 radical (unpaired) electrons. The number of carboxylic acid groups (broad SMARTS) is 1. The van der Waals surface area contributed by atoms with Crippen molar-refractivity contribution < 1.29 is 19.8 Å². The Hall–Kier alpha value is -2.14. The van der Waals surface area contributed by atoms with E-state index < -0.39 is 12.1 Å². The van der Waals surface area contributed by atoms with Crippen LogP contribution in [0.2, 0.25) is 0 Å². The predicted molar refractivity (Wildman–Crippen MR) is 81.1 cm³/mol. The Balaban J connectivity index is 2.95.